The van der Waals surface area contributed by atoms with Gasteiger partial charge in [-0.1, -0.05) is 6.07 Å². The summed E-state index contributed by atoms with van der Waals surface area (Å²) in [6, 6.07) is 5.17. The average molecular weight is 246 g/mol. The molecule has 2 heterocycles. The van der Waals surface area contributed by atoms with Crippen LogP contribution in [0.15, 0.2) is 24.4 Å². The molecule has 18 heavy (non-hydrogen) atoms. The number of carboxylic acid groups (broad SMARTS) is 1. The van der Waals surface area contributed by atoms with Crippen LogP contribution >= 0.6 is 0 Å². The topological polar surface area (TPSA) is 80.9 Å². The molecule has 0 fully saturated rings. The number of aliphatic carboxylic acids is 1. The van der Waals surface area contributed by atoms with Gasteiger partial charge >= 0.3 is 5.97 Å². The summed E-state index contributed by atoms with van der Waals surface area (Å²) in [6.45, 7) is 5.02. The largest absolute Gasteiger partial charge is 0.479 e. The number of hydrogen-bond donors (Lipinski definition) is 1. The standard InChI is InChI=1S/C12H14N4O2/c1-8-14-9(2)16(15-8)12(3,11(17)18)10-6-4-5-7-13-10/h4-7H,1-3H3,(H,17,18). The van der Waals surface area contributed by atoms with E-state index in [0.717, 1.165) is 0 Å². The van der Waals surface area contributed by atoms with Crippen LogP contribution in [0.4, 0.5) is 0 Å². The minimum atomic E-state index is -1.35. The Labute approximate surface area is 104 Å². The zero-order chi connectivity index (χ0) is 13.3. The first-order valence-electron chi connectivity index (χ1n) is 5.52. The van der Waals surface area contributed by atoms with Gasteiger partial charge in [-0.2, -0.15) is 5.10 Å². The van der Waals surface area contributed by atoms with Crippen LogP contribution in [-0.2, 0) is 10.3 Å². The van der Waals surface area contributed by atoms with Gasteiger partial charge in [-0.05, 0) is 32.9 Å². The van der Waals surface area contributed by atoms with E-state index in [-0.39, 0.29) is 0 Å². The van der Waals surface area contributed by atoms with Crippen molar-refractivity contribution in [2.24, 2.45) is 0 Å². The van der Waals surface area contributed by atoms with Crippen molar-refractivity contribution in [3.63, 3.8) is 0 Å². The van der Waals surface area contributed by atoms with Gasteiger partial charge in [-0.15, -0.1) is 0 Å². The summed E-state index contributed by atoms with van der Waals surface area (Å²) in [7, 11) is 0. The molecule has 0 aliphatic carbocycles. The Hall–Kier alpha value is -2.24. The summed E-state index contributed by atoms with van der Waals surface area (Å²) in [4.78, 5) is 19.9. The molecular weight excluding hydrogens is 232 g/mol. The predicted molar refractivity (Wildman–Crippen MR) is 64.1 cm³/mol. The van der Waals surface area contributed by atoms with E-state index in [4.69, 9.17) is 0 Å². The SMILES string of the molecule is Cc1nc(C)n(C(C)(C(=O)O)c2ccccn2)n1. The van der Waals surface area contributed by atoms with Crippen molar-refractivity contribution < 1.29 is 9.90 Å². The Balaban J connectivity index is 2.66. The summed E-state index contributed by atoms with van der Waals surface area (Å²) in [5.41, 5.74) is -0.933. The highest BCUT2D eigenvalue weighted by Gasteiger charge is 2.41. The number of nitrogens with zero attached hydrogens (tertiary/aromatic N) is 4. The van der Waals surface area contributed by atoms with Gasteiger partial charge in [0.1, 0.15) is 11.6 Å². The van der Waals surface area contributed by atoms with Crippen molar-refractivity contribution >= 4 is 5.97 Å². The van der Waals surface area contributed by atoms with Crippen molar-refractivity contribution in [2.45, 2.75) is 26.3 Å². The number of aromatic nitrogens is 4. The number of carboxylic acids is 1. The third-order valence-electron chi connectivity index (χ3n) is 2.88. The summed E-state index contributed by atoms with van der Waals surface area (Å²) in [5, 5.41) is 13.7. The molecule has 6 heteroatoms. The molecule has 0 spiro atoms. The quantitative estimate of drug-likeness (QED) is 0.878. The molecule has 1 atom stereocenters. The first-order valence-corrected chi connectivity index (χ1v) is 5.52. The number of pyridine rings is 1. The van der Waals surface area contributed by atoms with Crippen LogP contribution < -0.4 is 0 Å². The number of carbonyl (C=O) groups is 1. The monoisotopic (exact) mass is 246 g/mol. The highest BCUT2D eigenvalue weighted by molar-refractivity contribution is 5.80. The van der Waals surface area contributed by atoms with E-state index in [1.165, 1.54) is 4.68 Å². The van der Waals surface area contributed by atoms with Gasteiger partial charge in [-0.3, -0.25) is 4.98 Å². The van der Waals surface area contributed by atoms with Crippen molar-refractivity contribution in [2.75, 3.05) is 0 Å². The molecule has 0 radical (unpaired) electrons. The second-order valence-electron chi connectivity index (χ2n) is 4.21. The zero-order valence-corrected chi connectivity index (χ0v) is 10.5. The van der Waals surface area contributed by atoms with Crippen molar-refractivity contribution in [1.29, 1.82) is 0 Å². The van der Waals surface area contributed by atoms with Gasteiger partial charge in [0.2, 0.25) is 0 Å². The van der Waals surface area contributed by atoms with Gasteiger partial charge in [0.15, 0.2) is 5.54 Å². The highest BCUT2D eigenvalue weighted by Crippen LogP contribution is 2.25. The molecule has 2 aromatic heterocycles. The molecule has 2 aromatic rings. The van der Waals surface area contributed by atoms with Gasteiger partial charge in [0.25, 0.3) is 0 Å². The molecule has 6 nitrogen and oxygen atoms in total. The van der Waals surface area contributed by atoms with E-state index in [1.807, 2.05) is 0 Å². The lowest BCUT2D eigenvalue weighted by Gasteiger charge is -2.25. The van der Waals surface area contributed by atoms with Gasteiger partial charge < -0.3 is 5.11 Å². The normalized spacial score (nSPS) is 14.2. The molecule has 94 valence electrons. The summed E-state index contributed by atoms with van der Waals surface area (Å²) in [6.07, 6.45) is 1.57. The maximum absolute atomic E-state index is 11.7. The number of hydrogen-bond acceptors (Lipinski definition) is 4. The van der Waals surface area contributed by atoms with E-state index < -0.39 is 11.5 Å². The Morgan fingerprint density at radius 1 is 1.39 bits per heavy atom. The van der Waals surface area contributed by atoms with Crippen molar-refractivity contribution in [3.05, 3.63) is 41.7 Å². The molecule has 0 aromatic carbocycles. The molecule has 1 N–H and O–H groups in total. The molecule has 0 saturated heterocycles. The summed E-state index contributed by atoms with van der Waals surface area (Å²) >= 11 is 0. The van der Waals surface area contributed by atoms with E-state index in [0.29, 0.717) is 17.3 Å². The minimum Gasteiger partial charge on any atom is -0.479 e. The van der Waals surface area contributed by atoms with Crippen LogP contribution in [0.2, 0.25) is 0 Å². The zero-order valence-electron chi connectivity index (χ0n) is 10.5. The van der Waals surface area contributed by atoms with E-state index in [1.54, 1.807) is 45.2 Å². The third-order valence-corrected chi connectivity index (χ3v) is 2.88. The van der Waals surface area contributed by atoms with Crippen LogP contribution in [0.1, 0.15) is 24.3 Å². The lowest BCUT2D eigenvalue weighted by molar-refractivity contribution is -0.145. The van der Waals surface area contributed by atoms with Gasteiger partial charge in [0, 0.05) is 6.20 Å². The van der Waals surface area contributed by atoms with Crippen LogP contribution in [0.25, 0.3) is 0 Å². The molecule has 0 bridgehead atoms. The fourth-order valence-corrected chi connectivity index (χ4v) is 1.90. The fraction of sp³-hybridized carbons (Fsp3) is 0.333. The number of aryl methyl sites for hydroxylation is 2. The number of rotatable bonds is 3. The minimum absolute atomic E-state index is 0.422. The second kappa shape index (κ2) is 4.21. The molecule has 1 unspecified atom stereocenters. The average Bonchev–Trinajstić information content (AvgIpc) is 2.68. The van der Waals surface area contributed by atoms with Crippen molar-refractivity contribution in [3.8, 4) is 0 Å². The molecule has 0 saturated carbocycles. The maximum atomic E-state index is 11.7. The summed E-state index contributed by atoms with van der Waals surface area (Å²) in [5.74, 6) is 0.0631. The van der Waals surface area contributed by atoms with Crippen LogP contribution in [0.3, 0.4) is 0 Å². The van der Waals surface area contributed by atoms with E-state index >= 15 is 0 Å². The third kappa shape index (κ3) is 1.75. The Kier molecular flexibility index (Phi) is 2.86. The summed E-state index contributed by atoms with van der Waals surface area (Å²) < 4.78 is 1.40. The molecule has 0 aliphatic rings. The molecule has 2 rings (SSSR count). The Bertz CT molecular complexity index is 579. The second-order valence-corrected chi connectivity index (χ2v) is 4.21. The fourth-order valence-electron chi connectivity index (χ4n) is 1.90. The van der Waals surface area contributed by atoms with Crippen molar-refractivity contribution in [1.82, 2.24) is 19.7 Å². The molecule has 0 aliphatic heterocycles. The van der Waals surface area contributed by atoms with E-state index in [2.05, 4.69) is 15.1 Å². The van der Waals surface area contributed by atoms with Crippen LogP contribution in [-0.4, -0.2) is 30.8 Å². The lowest BCUT2D eigenvalue weighted by Crippen LogP contribution is -2.42. The Morgan fingerprint density at radius 3 is 2.56 bits per heavy atom. The first-order chi connectivity index (χ1) is 8.46. The lowest BCUT2D eigenvalue weighted by atomic mass is 9.97. The van der Waals surface area contributed by atoms with Gasteiger partial charge in [0.05, 0.1) is 5.69 Å². The van der Waals surface area contributed by atoms with Crippen LogP contribution in [0.5, 0.6) is 0 Å². The van der Waals surface area contributed by atoms with Crippen LogP contribution in [0, 0.1) is 13.8 Å². The first kappa shape index (κ1) is 12.2. The van der Waals surface area contributed by atoms with E-state index in [9.17, 15) is 9.90 Å². The molecule has 0 amide bonds. The maximum Gasteiger partial charge on any atom is 0.337 e. The van der Waals surface area contributed by atoms with Gasteiger partial charge in [-0.25, -0.2) is 14.5 Å². The predicted octanol–water partition coefficient (Wildman–Crippen LogP) is 1.14. The Morgan fingerprint density at radius 2 is 2.11 bits per heavy atom. The highest BCUT2D eigenvalue weighted by atomic mass is 16.4. The molecular formula is C12H14N4O2. The smallest absolute Gasteiger partial charge is 0.337 e.